The van der Waals surface area contributed by atoms with E-state index >= 15 is 0 Å². The van der Waals surface area contributed by atoms with Gasteiger partial charge in [-0.2, -0.15) is 13.2 Å². The van der Waals surface area contributed by atoms with Crippen LogP contribution in [0.25, 0.3) is 0 Å². The molecule has 0 aromatic heterocycles. The van der Waals surface area contributed by atoms with Crippen molar-refractivity contribution in [2.45, 2.75) is 6.18 Å². The lowest BCUT2D eigenvalue weighted by atomic mass is 10.2. The third-order valence-electron chi connectivity index (χ3n) is 4.92. The Morgan fingerprint density at radius 1 is 1.03 bits per heavy atom. The van der Waals surface area contributed by atoms with Crippen molar-refractivity contribution in [3.63, 3.8) is 0 Å². The Labute approximate surface area is 194 Å². The molecule has 1 aliphatic rings. The molecule has 0 aliphatic carbocycles. The van der Waals surface area contributed by atoms with Gasteiger partial charge in [0.1, 0.15) is 0 Å². The Balaban J connectivity index is 1.41. The maximum atomic E-state index is 13.0. The van der Waals surface area contributed by atoms with Gasteiger partial charge in [0.05, 0.1) is 23.7 Å². The van der Waals surface area contributed by atoms with Crippen LogP contribution >= 0.6 is 11.6 Å². The van der Waals surface area contributed by atoms with E-state index in [2.05, 4.69) is 22.5 Å². The minimum atomic E-state index is -4.61. The Hall–Kier alpha value is -3.22. The van der Waals surface area contributed by atoms with Gasteiger partial charge in [-0.15, -0.1) is 0 Å². The van der Waals surface area contributed by atoms with Gasteiger partial charge in [0.2, 0.25) is 5.91 Å². The minimum Gasteiger partial charge on any atom is -0.327 e. The number of nitrogens with zero attached hydrogens (tertiary/aromatic N) is 2. The van der Waals surface area contributed by atoms with Gasteiger partial charge in [-0.3, -0.25) is 9.69 Å². The summed E-state index contributed by atoms with van der Waals surface area (Å²) in [5, 5.41) is 4.78. The van der Waals surface area contributed by atoms with Crippen LogP contribution in [-0.4, -0.2) is 61.0 Å². The van der Waals surface area contributed by atoms with E-state index in [1.807, 2.05) is 35.2 Å². The summed E-state index contributed by atoms with van der Waals surface area (Å²) >= 11 is 5.59. The SMILES string of the molecule is O=C(CN1CCN(C(=O)NCC#Cc2ccccc2)CC1)Nc1ccc(Cl)c(C(F)(F)F)c1. The smallest absolute Gasteiger partial charge is 0.327 e. The number of piperazine rings is 1. The van der Waals surface area contributed by atoms with Gasteiger partial charge in [-0.25, -0.2) is 4.79 Å². The normalized spacial score (nSPS) is 14.2. The molecule has 0 radical (unpaired) electrons. The second-order valence-corrected chi connectivity index (χ2v) is 7.74. The maximum Gasteiger partial charge on any atom is 0.417 e. The number of anilines is 1. The molecule has 1 fully saturated rings. The lowest BCUT2D eigenvalue weighted by Gasteiger charge is -2.34. The molecular formula is C23H22ClF3N4O2. The second-order valence-electron chi connectivity index (χ2n) is 7.33. The number of amides is 3. The molecule has 3 amide bonds. The van der Waals surface area contributed by atoms with Crippen LogP contribution in [0.4, 0.5) is 23.7 Å². The van der Waals surface area contributed by atoms with Crippen LogP contribution in [-0.2, 0) is 11.0 Å². The van der Waals surface area contributed by atoms with Gasteiger partial charge < -0.3 is 15.5 Å². The van der Waals surface area contributed by atoms with E-state index in [1.54, 1.807) is 4.90 Å². The van der Waals surface area contributed by atoms with Gasteiger partial charge in [0.25, 0.3) is 0 Å². The molecule has 2 aromatic rings. The highest BCUT2D eigenvalue weighted by Crippen LogP contribution is 2.36. The maximum absolute atomic E-state index is 13.0. The number of hydrogen-bond donors (Lipinski definition) is 2. The van der Waals surface area contributed by atoms with Crippen LogP contribution in [0.1, 0.15) is 11.1 Å². The standard InChI is InChI=1S/C23H22ClF3N4O2/c24-20-9-8-18(15-19(20)23(25,26)27)29-21(32)16-30-11-13-31(14-12-30)22(33)28-10-4-7-17-5-2-1-3-6-17/h1-3,5-6,8-9,15H,10-14,16H2,(H,28,33)(H,29,32). The van der Waals surface area contributed by atoms with E-state index < -0.39 is 22.7 Å². The van der Waals surface area contributed by atoms with E-state index in [4.69, 9.17) is 11.6 Å². The predicted molar refractivity (Wildman–Crippen MR) is 120 cm³/mol. The third-order valence-corrected chi connectivity index (χ3v) is 5.25. The Kier molecular flexibility index (Phi) is 8.20. The van der Waals surface area contributed by atoms with E-state index in [1.165, 1.54) is 6.07 Å². The van der Waals surface area contributed by atoms with Crippen molar-refractivity contribution in [3.05, 3.63) is 64.7 Å². The van der Waals surface area contributed by atoms with Crippen LogP contribution in [0, 0.1) is 11.8 Å². The number of alkyl halides is 3. The highest BCUT2D eigenvalue weighted by atomic mass is 35.5. The Bertz CT molecular complexity index is 1040. The fourth-order valence-corrected chi connectivity index (χ4v) is 3.46. The molecule has 1 aliphatic heterocycles. The molecule has 33 heavy (non-hydrogen) atoms. The van der Waals surface area contributed by atoms with Crippen LogP contribution in [0.5, 0.6) is 0 Å². The van der Waals surface area contributed by atoms with Gasteiger partial charge in [-0.05, 0) is 30.3 Å². The topological polar surface area (TPSA) is 64.7 Å². The number of halogens is 4. The number of carbonyl (C=O) groups excluding carboxylic acids is 2. The van der Waals surface area contributed by atoms with Crippen molar-refractivity contribution in [2.75, 3.05) is 44.6 Å². The summed E-state index contributed by atoms with van der Waals surface area (Å²) in [7, 11) is 0. The largest absolute Gasteiger partial charge is 0.417 e. The van der Waals surface area contributed by atoms with Crippen molar-refractivity contribution >= 4 is 29.2 Å². The summed E-state index contributed by atoms with van der Waals surface area (Å²) in [4.78, 5) is 28.0. The van der Waals surface area contributed by atoms with Crippen molar-refractivity contribution < 1.29 is 22.8 Å². The van der Waals surface area contributed by atoms with Crippen LogP contribution in [0.15, 0.2) is 48.5 Å². The molecule has 6 nitrogen and oxygen atoms in total. The highest BCUT2D eigenvalue weighted by molar-refractivity contribution is 6.31. The van der Waals surface area contributed by atoms with E-state index in [-0.39, 0.29) is 24.8 Å². The van der Waals surface area contributed by atoms with Crippen LogP contribution < -0.4 is 10.6 Å². The molecule has 2 N–H and O–H groups in total. The van der Waals surface area contributed by atoms with Gasteiger partial charge in [0, 0.05) is 37.4 Å². The highest BCUT2D eigenvalue weighted by Gasteiger charge is 2.33. The molecule has 3 rings (SSSR count). The zero-order chi connectivity index (χ0) is 23.8. The fourth-order valence-electron chi connectivity index (χ4n) is 3.23. The summed E-state index contributed by atoms with van der Waals surface area (Å²) in [5.74, 6) is 5.41. The first kappa shape index (κ1) is 24.4. The van der Waals surface area contributed by atoms with Crippen LogP contribution in [0.3, 0.4) is 0 Å². The van der Waals surface area contributed by atoms with Gasteiger partial charge in [-0.1, -0.05) is 41.6 Å². The van der Waals surface area contributed by atoms with E-state index in [0.29, 0.717) is 26.2 Å². The molecule has 1 saturated heterocycles. The summed E-state index contributed by atoms with van der Waals surface area (Å²) in [5.41, 5.74) is -0.117. The van der Waals surface area contributed by atoms with Crippen molar-refractivity contribution in [1.29, 1.82) is 0 Å². The second kappa shape index (κ2) is 11.1. The predicted octanol–water partition coefficient (Wildman–Crippen LogP) is 3.68. The first-order chi connectivity index (χ1) is 15.7. The number of rotatable bonds is 4. The van der Waals surface area contributed by atoms with Gasteiger partial charge >= 0.3 is 12.2 Å². The Morgan fingerprint density at radius 3 is 2.39 bits per heavy atom. The number of carbonyl (C=O) groups is 2. The molecule has 0 spiro atoms. The monoisotopic (exact) mass is 478 g/mol. The quantitative estimate of drug-likeness (QED) is 0.659. The number of urea groups is 1. The molecule has 0 unspecified atom stereocenters. The average Bonchev–Trinajstić information content (AvgIpc) is 2.78. The zero-order valence-corrected chi connectivity index (χ0v) is 18.3. The summed E-state index contributed by atoms with van der Waals surface area (Å²) in [6.45, 7) is 1.99. The third kappa shape index (κ3) is 7.41. The lowest BCUT2D eigenvalue weighted by molar-refractivity contribution is -0.137. The molecule has 1 heterocycles. The molecular weight excluding hydrogens is 457 g/mol. The summed E-state index contributed by atoms with van der Waals surface area (Å²) in [6, 6.07) is 12.4. The fraction of sp³-hybridized carbons (Fsp3) is 0.304. The lowest BCUT2D eigenvalue weighted by Crippen LogP contribution is -2.53. The van der Waals surface area contributed by atoms with Crippen molar-refractivity contribution in [3.8, 4) is 11.8 Å². The molecule has 2 aromatic carbocycles. The Morgan fingerprint density at radius 2 is 1.73 bits per heavy atom. The number of hydrogen-bond acceptors (Lipinski definition) is 3. The number of benzene rings is 2. The first-order valence-electron chi connectivity index (χ1n) is 10.2. The molecule has 10 heteroatoms. The van der Waals surface area contributed by atoms with Crippen molar-refractivity contribution in [2.24, 2.45) is 0 Å². The van der Waals surface area contributed by atoms with Crippen molar-refractivity contribution in [1.82, 2.24) is 15.1 Å². The van der Waals surface area contributed by atoms with E-state index in [9.17, 15) is 22.8 Å². The zero-order valence-electron chi connectivity index (χ0n) is 17.6. The molecule has 0 saturated carbocycles. The van der Waals surface area contributed by atoms with Gasteiger partial charge in [0.15, 0.2) is 0 Å². The number of nitrogens with one attached hydrogen (secondary N) is 2. The average molecular weight is 479 g/mol. The summed E-state index contributed by atoms with van der Waals surface area (Å²) < 4.78 is 38.9. The van der Waals surface area contributed by atoms with Crippen LogP contribution in [0.2, 0.25) is 5.02 Å². The molecule has 0 bridgehead atoms. The summed E-state index contributed by atoms with van der Waals surface area (Å²) in [6.07, 6.45) is -4.61. The minimum absolute atomic E-state index is 0.00197. The molecule has 174 valence electrons. The first-order valence-corrected chi connectivity index (χ1v) is 10.6. The molecule has 0 atom stereocenters. The van der Waals surface area contributed by atoms with E-state index in [0.717, 1.165) is 17.7 Å².